The van der Waals surface area contributed by atoms with E-state index in [0.29, 0.717) is 24.2 Å². The van der Waals surface area contributed by atoms with E-state index in [1.54, 1.807) is 30.1 Å². The molecule has 0 N–H and O–H groups in total. The lowest BCUT2D eigenvalue weighted by Gasteiger charge is -2.24. The number of hydrogen-bond acceptors (Lipinski definition) is 4. The number of furan rings is 1. The highest BCUT2D eigenvalue weighted by Gasteiger charge is 2.28. The van der Waals surface area contributed by atoms with E-state index in [2.05, 4.69) is 0 Å². The standard InChI is InChI=1S/C21H22N2O4S/c1-14(20-13-16-6-4-5-7-19(16)27-20)22(2)21(24)17-8-9-18-15(12-17)10-11-23(18)28(3,25)26/h4-9,12-14H,10-11H2,1-3H3. The van der Waals surface area contributed by atoms with E-state index in [-0.39, 0.29) is 11.9 Å². The maximum absolute atomic E-state index is 13.0. The second kappa shape index (κ2) is 6.67. The SMILES string of the molecule is CC(c1cc2ccccc2o1)N(C)C(=O)c1ccc2c(c1)CCN2S(C)(=O)=O. The molecule has 2 aromatic carbocycles. The van der Waals surface area contributed by atoms with E-state index >= 15 is 0 Å². The highest BCUT2D eigenvalue weighted by Crippen LogP contribution is 2.32. The minimum atomic E-state index is -3.30. The first-order chi connectivity index (χ1) is 13.3. The molecule has 1 atom stereocenters. The summed E-state index contributed by atoms with van der Waals surface area (Å²) < 4.78 is 31.0. The van der Waals surface area contributed by atoms with Crippen molar-refractivity contribution in [1.29, 1.82) is 0 Å². The Morgan fingerprint density at radius 2 is 1.93 bits per heavy atom. The lowest BCUT2D eigenvalue weighted by Crippen LogP contribution is -2.29. The Hall–Kier alpha value is -2.80. The van der Waals surface area contributed by atoms with Crippen molar-refractivity contribution in [3.05, 3.63) is 65.4 Å². The first kappa shape index (κ1) is 18.6. The van der Waals surface area contributed by atoms with Gasteiger partial charge in [-0.3, -0.25) is 9.10 Å². The highest BCUT2D eigenvalue weighted by molar-refractivity contribution is 7.92. The van der Waals surface area contributed by atoms with Gasteiger partial charge < -0.3 is 9.32 Å². The van der Waals surface area contributed by atoms with Gasteiger partial charge in [0.1, 0.15) is 11.3 Å². The van der Waals surface area contributed by atoms with Crippen molar-refractivity contribution < 1.29 is 17.6 Å². The smallest absolute Gasteiger partial charge is 0.254 e. The van der Waals surface area contributed by atoms with Gasteiger partial charge in [-0.15, -0.1) is 0 Å². The molecule has 146 valence electrons. The molecule has 1 amide bonds. The zero-order valence-corrected chi connectivity index (χ0v) is 16.9. The van der Waals surface area contributed by atoms with Gasteiger partial charge in [0.15, 0.2) is 0 Å². The fraction of sp³-hybridized carbons (Fsp3) is 0.286. The number of rotatable bonds is 4. The second-order valence-corrected chi connectivity index (χ2v) is 9.11. The van der Waals surface area contributed by atoms with Crippen LogP contribution in [0.3, 0.4) is 0 Å². The molecular weight excluding hydrogens is 376 g/mol. The van der Waals surface area contributed by atoms with Crippen molar-refractivity contribution in [3.8, 4) is 0 Å². The van der Waals surface area contributed by atoms with Gasteiger partial charge in [-0.1, -0.05) is 18.2 Å². The molecule has 1 aliphatic rings. The van der Waals surface area contributed by atoms with Crippen molar-refractivity contribution in [2.45, 2.75) is 19.4 Å². The largest absolute Gasteiger partial charge is 0.459 e. The number of nitrogens with zero attached hydrogens (tertiary/aromatic N) is 2. The molecule has 0 radical (unpaired) electrons. The number of hydrogen-bond donors (Lipinski definition) is 0. The van der Waals surface area contributed by atoms with Gasteiger partial charge in [0.25, 0.3) is 5.91 Å². The summed E-state index contributed by atoms with van der Waals surface area (Å²) in [7, 11) is -1.56. The normalized spacial score (nSPS) is 14.9. The third kappa shape index (κ3) is 3.16. The summed E-state index contributed by atoms with van der Waals surface area (Å²) in [5.41, 5.74) is 2.87. The summed E-state index contributed by atoms with van der Waals surface area (Å²) >= 11 is 0. The summed E-state index contributed by atoms with van der Waals surface area (Å²) in [4.78, 5) is 14.6. The molecule has 0 spiro atoms. The Balaban J connectivity index is 1.59. The van der Waals surface area contributed by atoms with Crippen LogP contribution in [0.1, 0.15) is 34.6 Å². The molecule has 1 unspecified atom stereocenters. The van der Waals surface area contributed by atoms with Crippen LogP contribution >= 0.6 is 0 Å². The van der Waals surface area contributed by atoms with Crippen LogP contribution in [0, 0.1) is 0 Å². The van der Waals surface area contributed by atoms with Crippen molar-refractivity contribution in [2.24, 2.45) is 0 Å². The van der Waals surface area contributed by atoms with E-state index in [4.69, 9.17) is 4.42 Å². The zero-order valence-electron chi connectivity index (χ0n) is 16.0. The number of sulfonamides is 1. The Morgan fingerprint density at radius 3 is 2.64 bits per heavy atom. The summed E-state index contributed by atoms with van der Waals surface area (Å²) in [5.74, 6) is 0.593. The number of carbonyl (C=O) groups is 1. The maximum Gasteiger partial charge on any atom is 0.254 e. The van der Waals surface area contributed by atoms with Crippen LogP contribution in [0.25, 0.3) is 11.0 Å². The summed E-state index contributed by atoms with van der Waals surface area (Å²) in [6.45, 7) is 2.34. The van der Waals surface area contributed by atoms with E-state index in [1.165, 1.54) is 10.6 Å². The molecule has 2 heterocycles. The summed E-state index contributed by atoms with van der Waals surface area (Å²) in [5, 5.41) is 1.00. The van der Waals surface area contributed by atoms with Gasteiger partial charge in [-0.05, 0) is 49.2 Å². The number of para-hydroxylation sites is 1. The third-order valence-corrected chi connectivity index (χ3v) is 6.52. The number of anilines is 1. The Kier molecular flexibility index (Phi) is 4.42. The average molecular weight is 398 g/mol. The maximum atomic E-state index is 13.0. The Morgan fingerprint density at radius 1 is 1.18 bits per heavy atom. The molecule has 3 aromatic rings. The summed E-state index contributed by atoms with van der Waals surface area (Å²) in [6.07, 6.45) is 1.80. The predicted octanol–water partition coefficient (Wildman–Crippen LogP) is 3.59. The van der Waals surface area contributed by atoms with Gasteiger partial charge >= 0.3 is 0 Å². The van der Waals surface area contributed by atoms with E-state index in [0.717, 1.165) is 22.3 Å². The molecule has 0 saturated carbocycles. The Bertz CT molecular complexity index is 1130. The molecule has 28 heavy (non-hydrogen) atoms. The van der Waals surface area contributed by atoms with Crippen molar-refractivity contribution in [2.75, 3.05) is 24.2 Å². The fourth-order valence-electron chi connectivity index (χ4n) is 3.63. The zero-order chi connectivity index (χ0) is 20.1. The number of fused-ring (bicyclic) bond motifs is 2. The van der Waals surface area contributed by atoms with Crippen LogP contribution in [0.5, 0.6) is 0 Å². The van der Waals surface area contributed by atoms with Gasteiger partial charge in [0.05, 0.1) is 18.0 Å². The molecule has 6 nitrogen and oxygen atoms in total. The van der Waals surface area contributed by atoms with Crippen LogP contribution in [0.15, 0.2) is 52.9 Å². The average Bonchev–Trinajstić information content (AvgIpc) is 3.29. The minimum Gasteiger partial charge on any atom is -0.459 e. The molecule has 0 fully saturated rings. The number of benzene rings is 2. The molecule has 0 saturated heterocycles. The van der Waals surface area contributed by atoms with Gasteiger partial charge in [0.2, 0.25) is 10.0 Å². The third-order valence-electron chi connectivity index (χ3n) is 5.34. The van der Waals surface area contributed by atoms with E-state index < -0.39 is 10.0 Å². The molecule has 1 aromatic heterocycles. The van der Waals surface area contributed by atoms with Crippen LogP contribution in [0.4, 0.5) is 5.69 Å². The molecule has 0 bridgehead atoms. The van der Waals surface area contributed by atoms with Crippen LogP contribution < -0.4 is 4.31 Å². The van der Waals surface area contributed by atoms with E-state index in [1.807, 2.05) is 37.3 Å². The van der Waals surface area contributed by atoms with Gasteiger partial charge in [-0.2, -0.15) is 0 Å². The monoisotopic (exact) mass is 398 g/mol. The summed E-state index contributed by atoms with van der Waals surface area (Å²) in [6, 6.07) is 14.7. The molecular formula is C21H22N2O4S. The van der Waals surface area contributed by atoms with Crippen molar-refractivity contribution in [1.82, 2.24) is 4.90 Å². The number of amides is 1. The minimum absolute atomic E-state index is 0.131. The van der Waals surface area contributed by atoms with Crippen molar-refractivity contribution in [3.63, 3.8) is 0 Å². The molecule has 1 aliphatic heterocycles. The molecule has 4 rings (SSSR count). The first-order valence-corrected chi connectivity index (χ1v) is 11.0. The van der Waals surface area contributed by atoms with Gasteiger partial charge in [-0.25, -0.2) is 8.42 Å². The molecule has 0 aliphatic carbocycles. The number of carbonyl (C=O) groups excluding carboxylic acids is 1. The Labute approximate surface area is 164 Å². The van der Waals surface area contributed by atoms with Crippen LogP contribution in [0.2, 0.25) is 0 Å². The van der Waals surface area contributed by atoms with Crippen LogP contribution in [-0.4, -0.2) is 39.1 Å². The predicted molar refractivity (Wildman–Crippen MR) is 109 cm³/mol. The van der Waals surface area contributed by atoms with Gasteiger partial charge in [0, 0.05) is 24.5 Å². The highest BCUT2D eigenvalue weighted by atomic mass is 32.2. The quantitative estimate of drug-likeness (QED) is 0.673. The van der Waals surface area contributed by atoms with E-state index in [9.17, 15) is 13.2 Å². The van der Waals surface area contributed by atoms with Crippen LogP contribution in [-0.2, 0) is 16.4 Å². The van der Waals surface area contributed by atoms with Crippen molar-refractivity contribution >= 4 is 32.6 Å². The lowest BCUT2D eigenvalue weighted by atomic mass is 10.1. The topological polar surface area (TPSA) is 70.8 Å². The molecule has 7 heteroatoms. The second-order valence-electron chi connectivity index (χ2n) is 7.21. The fourth-order valence-corrected chi connectivity index (χ4v) is 4.59. The first-order valence-electron chi connectivity index (χ1n) is 9.12. The lowest BCUT2D eigenvalue weighted by molar-refractivity contribution is 0.0727.